The summed E-state index contributed by atoms with van der Waals surface area (Å²) in [5.74, 6) is -1.14. The lowest BCUT2D eigenvalue weighted by Gasteiger charge is -2.24. The first-order chi connectivity index (χ1) is 12.5. The molecule has 1 saturated heterocycles. The van der Waals surface area contributed by atoms with Gasteiger partial charge in [-0.15, -0.1) is 11.8 Å². The van der Waals surface area contributed by atoms with Crippen molar-refractivity contribution in [3.05, 3.63) is 59.6 Å². The molecule has 8 heteroatoms. The predicted octanol–water partition coefficient (Wildman–Crippen LogP) is 3.23. The van der Waals surface area contributed by atoms with Crippen LogP contribution in [0.25, 0.3) is 0 Å². The fraction of sp³-hybridized carbons (Fsp3) is 0.333. The molecule has 138 valence electrons. The van der Waals surface area contributed by atoms with E-state index in [1.807, 2.05) is 0 Å². The van der Waals surface area contributed by atoms with Crippen molar-refractivity contribution in [2.24, 2.45) is 0 Å². The molecule has 2 aromatic rings. The number of amides is 2. The van der Waals surface area contributed by atoms with Crippen molar-refractivity contribution < 1.29 is 22.8 Å². The van der Waals surface area contributed by atoms with E-state index in [0.29, 0.717) is 5.76 Å². The van der Waals surface area contributed by atoms with E-state index >= 15 is 0 Å². The van der Waals surface area contributed by atoms with Gasteiger partial charge in [0.1, 0.15) is 22.8 Å². The van der Waals surface area contributed by atoms with Crippen LogP contribution in [0.3, 0.4) is 0 Å². The lowest BCUT2D eigenvalue weighted by Crippen LogP contribution is -2.34. The van der Waals surface area contributed by atoms with Crippen molar-refractivity contribution in [1.29, 1.82) is 0 Å². The molecule has 5 nitrogen and oxygen atoms in total. The van der Waals surface area contributed by atoms with Crippen molar-refractivity contribution in [2.45, 2.75) is 30.5 Å². The zero-order valence-corrected chi connectivity index (χ0v) is 14.9. The zero-order chi connectivity index (χ0) is 18.7. The predicted molar refractivity (Wildman–Crippen MR) is 93.0 cm³/mol. The zero-order valence-electron chi connectivity index (χ0n) is 14.1. The van der Waals surface area contributed by atoms with E-state index in [4.69, 9.17) is 4.42 Å². The molecule has 0 spiro atoms. The molecule has 2 heterocycles. The largest absolute Gasteiger partial charge is 0.467 e. The topological polar surface area (TPSA) is 62.6 Å². The Kier molecular flexibility index (Phi) is 5.61. The Morgan fingerprint density at radius 1 is 1.35 bits per heavy atom. The first kappa shape index (κ1) is 18.4. The highest BCUT2D eigenvalue weighted by Gasteiger charge is 2.39. The number of furan rings is 1. The fourth-order valence-corrected chi connectivity index (χ4v) is 4.09. The molecule has 2 atom stereocenters. The van der Waals surface area contributed by atoms with E-state index in [0.717, 1.165) is 6.07 Å². The molecule has 0 aliphatic carbocycles. The quantitative estimate of drug-likeness (QED) is 0.836. The maximum atomic E-state index is 14.1. The van der Waals surface area contributed by atoms with Gasteiger partial charge in [0, 0.05) is 24.6 Å². The fourth-order valence-electron chi connectivity index (χ4n) is 2.75. The standard InChI is InChI=1S/C18H18F2N2O3S/c1-11-17(24)22(7-6-16(23)21-10-13-3-2-8-25-13)18(26-11)14-5-4-12(19)9-15(14)20/h2-5,8-9,11,18H,6-7,10H2,1H3,(H,21,23)/t11-,18+/m0/s1. The van der Waals surface area contributed by atoms with Crippen LogP contribution < -0.4 is 5.32 Å². The summed E-state index contributed by atoms with van der Waals surface area (Å²) in [7, 11) is 0. The van der Waals surface area contributed by atoms with E-state index < -0.39 is 17.0 Å². The number of hydrogen-bond donors (Lipinski definition) is 1. The van der Waals surface area contributed by atoms with Gasteiger partial charge >= 0.3 is 0 Å². The molecule has 0 unspecified atom stereocenters. The minimum atomic E-state index is -0.698. The highest BCUT2D eigenvalue weighted by molar-refractivity contribution is 8.01. The summed E-state index contributed by atoms with van der Waals surface area (Å²) >= 11 is 1.29. The van der Waals surface area contributed by atoms with Gasteiger partial charge in [0.15, 0.2) is 0 Å². The molecule has 1 fully saturated rings. The van der Waals surface area contributed by atoms with Crippen LogP contribution in [0.5, 0.6) is 0 Å². The van der Waals surface area contributed by atoms with E-state index in [-0.39, 0.29) is 42.1 Å². The number of nitrogens with zero attached hydrogens (tertiary/aromatic N) is 1. The molecule has 1 N–H and O–H groups in total. The van der Waals surface area contributed by atoms with E-state index in [9.17, 15) is 18.4 Å². The van der Waals surface area contributed by atoms with Crippen molar-refractivity contribution in [3.63, 3.8) is 0 Å². The average Bonchev–Trinajstić information content (AvgIpc) is 3.21. The Morgan fingerprint density at radius 2 is 2.15 bits per heavy atom. The average molecular weight is 380 g/mol. The smallest absolute Gasteiger partial charge is 0.236 e. The monoisotopic (exact) mass is 380 g/mol. The van der Waals surface area contributed by atoms with Crippen LogP contribution in [0.2, 0.25) is 0 Å². The summed E-state index contributed by atoms with van der Waals surface area (Å²) in [6.45, 7) is 2.15. The second kappa shape index (κ2) is 7.90. The van der Waals surface area contributed by atoms with Gasteiger partial charge < -0.3 is 14.6 Å². The maximum Gasteiger partial charge on any atom is 0.236 e. The highest BCUT2D eigenvalue weighted by atomic mass is 32.2. The lowest BCUT2D eigenvalue weighted by molar-refractivity contribution is -0.130. The van der Waals surface area contributed by atoms with Crippen LogP contribution in [0.1, 0.15) is 30.0 Å². The van der Waals surface area contributed by atoms with Gasteiger partial charge in [-0.05, 0) is 25.1 Å². The SMILES string of the molecule is C[C@@H]1S[C@H](c2ccc(F)cc2F)N(CCC(=O)NCc2ccco2)C1=O. The number of rotatable bonds is 6. The number of nitrogens with one attached hydrogen (secondary N) is 1. The Labute approximate surface area is 153 Å². The number of carbonyl (C=O) groups is 2. The van der Waals surface area contributed by atoms with E-state index in [2.05, 4.69) is 5.32 Å². The molecule has 0 radical (unpaired) electrons. The Morgan fingerprint density at radius 3 is 2.85 bits per heavy atom. The first-order valence-electron chi connectivity index (χ1n) is 8.15. The lowest BCUT2D eigenvalue weighted by atomic mass is 10.1. The van der Waals surface area contributed by atoms with Gasteiger partial charge in [-0.25, -0.2) is 8.78 Å². The summed E-state index contributed by atoms with van der Waals surface area (Å²) < 4.78 is 32.4. The van der Waals surface area contributed by atoms with Gasteiger partial charge in [-0.1, -0.05) is 6.07 Å². The van der Waals surface area contributed by atoms with Crippen LogP contribution >= 0.6 is 11.8 Å². The van der Waals surface area contributed by atoms with Crippen molar-refractivity contribution >= 4 is 23.6 Å². The highest BCUT2D eigenvalue weighted by Crippen LogP contribution is 2.43. The molecule has 2 amide bonds. The van der Waals surface area contributed by atoms with Crippen LogP contribution in [0.4, 0.5) is 8.78 Å². The van der Waals surface area contributed by atoms with Crippen molar-refractivity contribution in [3.8, 4) is 0 Å². The molecule has 0 bridgehead atoms. The molecule has 1 aromatic heterocycles. The number of carbonyl (C=O) groups excluding carboxylic acids is 2. The third-order valence-corrected chi connectivity index (χ3v) is 5.47. The summed E-state index contributed by atoms with van der Waals surface area (Å²) in [4.78, 5) is 25.9. The van der Waals surface area contributed by atoms with Crippen LogP contribution in [0.15, 0.2) is 41.0 Å². The van der Waals surface area contributed by atoms with Gasteiger partial charge in [-0.3, -0.25) is 9.59 Å². The first-order valence-corrected chi connectivity index (χ1v) is 9.10. The third-order valence-electron chi connectivity index (χ3n) is 4.10. The minimum Gasteiger partial charge on any atom is -0.467 e. The van der Waals surface area contributed by atoms with Gasteiger partial charge in [0.25, 0.3) is 0 Å². The second-order valence-electron chi connectivity index (χ2n) is 5.93. The number of thioether (sulfide) groups is 1. The van der Waals surface area contributed by atoms with Crippen molar-refractivity contribution in [2.75, 3.05) is 6.54 Å². The summed E-state index contributed by atoms with van der Waals surface area (Å²) in [6, 6.07) is 6.79. The molecular weight excluding hydrogens is 362 g/mol. The molecule has 0 saturated carbocycles. The molecule has 1 aromatic carbocycles. The Bertz CT molecular complexity index is 798. The Hall–Kier alpha value is -2.35. The van der Waals surface area contributed by atoms with E-state index in [1.54, 1.807) is 19.1 Å². The molecule has 1 aliphatic heterocycles. The number of halogens is 2. The van der Waals surface area contributed by atoms with Crippen molar-refractivity contribution in [1.82, 2.24) is 10.2 Å². The molecule has 26 heavy (non-hydrogen) atoms. The number of benzene rings is 1. The second-order valence-corrected chi connectivity index (χ2v) is 7.36. The van der Waals surface area contributed by atoms with Gasteiger partial charge in [0.2, 0.25) is 11.8 Å². The van der Waals surface area contributed by atoms with Gasteiger partial charge in [0.05, 0.1) is 18.1 Å². The Balaban J connectivity index is 1.64. The van der Waals surface area contributed by atoms with Crippen LogP contribution in [-0.4, -0.2) is 28.5 Å². The molecular formula is C18H18F2N2O3S. The summed E-state index contributed by atoms with van der Waals surface area (Å²) in [6.07, 6.45) is 1.60. The molecule has 3 rings (SSSR count). The summed E-state index contributed by atoms with van der Waals surface area (Å²) in [5.41, 5.74) is 0.241. The normalized spacial score (nSPS) is 19.8. The molecule has 1 aliphatic rings. The summed E-state index contributed by atoms with van der Waals surface area (Å²) in [5, 5.41) is 1.78. The van der Waals surface area contributed by atoms with E-state index in [1.165, 1.54) is 35.1 Å². The van der Waals surface area contributed by atoms with Crippen LogP contribution in [0, 0.1) is 11.6 Å². The third kappa shape index (κ3) is 4.07. The maximum absolute atomic E-state index is 14.1. The minimum absolute atomic E-state index is 0.0824. The number of hydrogen-bond acceptors (Lipinski definition) is 4. The van der Waals surface area contributed by atoms with Crippen LogP contribution in [-0.2, 0) is 16.1 Å². The van der Waals surface area contributed by atoms with Gasteiger partial charge in [-0.2, -0.15) is 0 Å².